The normalized spacial score (nSPS) is 25.3. The van der Waals surface area contributed by atoms with Crippen molar-refractivity contribution in [2.75, 3.05) is 13.6 Å². The van der Waals surface area contributed by atoms with Gasteiger partial charge in [0.15, 0.2) is 10.4 Å². The molecule has 0 bridgehead atoms. The molecule has 19 heavy (non-hydrogen) atoms. The van der Waals surface area contributed by atoms with E-state index in [2.05, 4.69) is 33.5 Å². The molecule has 2 aromatic heterocycles. The zero-order valence-electron chi connectivity index (χ0n) is 12.0. The Morgan fingerprint density at radius 1 is 1.37 bits per heavy atom. The molecule has 1 saturated heterocycles. The number of aromatic amines is 1. The van der Waals surface area contributed by atoms with Crippen LogP contribution in [0.25, 0.3) is 11.2 Å². The van der Waals surface area contributed by atoms with Gasteiger partial charge in [0.25, 0.3) is 0 Å². The van der Waals surface area contributed by atoms with Crippen LogP contribution in [0.1, 0.15) is 31.5 Å². The fourth-order valence-corrected chi connectivity index (χ4v) is 3.51. The van der Waals surface area contributed by atoms with Gasteiger partial charge >= 0.3 is 0 Å². The van der Waals surface area contributed by atoms with Crippen LogP contribution in [-0.4, -0.2) is 43.9 Å². The molecule has 1 aliphatic rings. The highest BCUT2D eigenvalue weighted by atomic mass is 32.1. The first-order valence-electron chi connectivity index (χ1n) is 6.83. The van der Waals surface area contributed by atoms with E-state index in [0.29, 0.717) is 12.1 Å². The van der Waals surface area contributed by atoms with E-state index in [0.717, 1.165) is 41.0 Å². The number of fused-ring (bicyclic) bond motifs is 1. The van der Waals surface area contributed by atoms with Crippen LogP contribution in [0.2, 0.25) is 0 Å². The second-order valence-corrected chi connectivity index (χ2v) is 6.10. The Kier molecular flexibility index (Phi) is 3.02. The van der Waals surface area contributed by atoms with Crippen molar-refractivity contribution < 1.29 is 0 Å². The van der Waals surface area contributed by atoms with Gasteiger partial charge in [0, 0.05) is 25.7 Å². The lowest BCUT2D eigenvalue weighted by atomic mass is 9.99. The minimum Gasteiger partial charge on any atom is -0.328 e. The maximum absolute atomic E-state index is 5.53. The highest BCUT2D eigenvalue weighted by molar-refractivity contribution is 7.71. The van der Waals surface area contributed by atoms with Gasteiger partial charge in [0.1, 0.15) is 5.52 Å². The maximum Gasteiger partial charge on any atom is 0.179 e. The first kappa shape index (κ1) is 12.9. The summed E-state index contributed by atoms with van der Waals surface area (Å²) >= 11 is 5.53. The van der Waals surface area contributed by atoms with Crippen molar-refractivity contribution in [3.05, 3.63) is 10.5 Å². The molecule has 0 amide bonds. The summed E-state index contributed by atoms with van der Waals surface area (Å²) in [6, 6.07) is 1.07. The van der Waals surface area contributed by atoms with Crippen molar-refractivity contribution in [1.82, 2.24) is 24.2 Å². The number of nitrogens with zero attached hydrogens (tertiary/aromatic N) is 4. The largest absolute Gasteiger partial charge is 0.328 e. The van der Waals surface area contributed by atoms with Crippen LogP contribution in [0.3, 0.4) is 0 Å². The van der Waals surface area contributed by atoms with Gasteiger partial charge in [-0.1, -0.05) is 0 Å². The van der Waals surface area contributed by atoms with Crippen LogP contribution >= 0.6 is 12.2 Å². The Morgan fingerprint density at radius 2 is 2.11 bits per heavy atom. The average Bonchev–Trinajstić information content (AvgIpc) is 2.82. The van der Waals surface area contributed by atoms with Crippen LogP contribution in [0.5, 0.6) is 0 Å². The lowest BCUT2D eigenvalue weighted by Gasteiger charge is -2.35. The van der Waals surface area contributed by atoms with Crippen molar-refractivity contribution in [1.29, 1.82) is 0 Å². The first-order valence-corrected chi connectivity index (χ1v) is 7.24. The smallest absolute Gasteiger partial charge is 0.179 e. The van der Waals surface area contributed by atoms with Crippen molar-refractivity contribution in [2.45, 2.75) is 38.8 Å². The number of H-pyrrole nitrogens is 1. The minimum absolute atomic E-state index is 0.474. The zero-order valence-corrected chi connectivity index (χ0v) is 12.8. The van der Waals surface area contributed by atoms with Crippen LogP contribution in [0, 0.1) is 11.7 Å². The van der Waals surface area contributed by atoms with Crippen LogP contribution < -0.4 is 0 Å². The van der Waals surface area contributed by atoms with Crippen LogP contribution in [0.4, 0.5) is 0 Å². The molecule has 5 nitrogen and oxygen atoms in total. The molecular weight excluding hydrogens is 258 g/mol. The average molecular weight is 279 g/mol. The Balaban J connectivity index is 2.10. The van der Waals surface area contributed by atoms with E-state index in [1.165, 1.54) is 0 Å². The number of hydrogen-bond donors (Lipinski definition) is 1. The number of piperidine rings is 1. The summed E-state index contributed by atoms with van der Waals surface area (Å²) in [7, 11) is 4.19. The van der Waals surface area contributed by atoms with E-state index in [9.17, 15) is 0 Å². The van der Waals surface area contributed by atoms with E-state index >= 15 is 0 Å². The Bertz CT molecular complexity index is 664. The quantitative estimate of drug-likeness (QED) is 0.815. The van der Waals surface area contributed by atoms with Gasteiger partial charge in [-0.3, -0.25) is 9.25 Å². The van der Waals surface area contributed by atoms with E-state index < -0.39 is 0 Å². The molecule has 104 valence electrons. The fraction of sp³-hybridized carbons (Fsp3) is 0.692. The van der Waals surface area contributed by atoms with Gasteiger partial charge in [-0.25, -0.2) is 0 Å². The van der Waals surface area contributed by atoms with Gasteiger partial charge < -0.3 is 9.88 Å². The molecule has 6 heteroatoms. The van der Waals surface area contributed by atoms with Crippen molar-refractivity contribution in [3.63, 3.8) is 0 Å². The Morgan fingerprint density at radius 3 is 2.79 bits per heavy atom. The third-order valence-electron chi connectivity index (χ3n) is 4.42. The Hall–Kier alpha value is -1.14. The van der Waals surface area contributed by atoms with Crippen molar-refractivity contribution in [3.8, 4) is 0 Å². The topological polar surface area (TPSA) is 41.8 Å². The molecule has 0 spiro atoms. The number of aromatic nitrogens is 4. The molecule has 0 aliphatic carbocycles. The highest BCUT2D eigenvalue weighted by Crippen LogP contribution is 2.30. The molecule has 3 heterocycles. The molecule has 1 aliphatic heterocycles. The van der Waals surface area contributed by atoms with E-state index in [1.807, 2.05) is 18.7 Å². The number of hydrogen-bond acceptors (Lipinski definition) is 3. The fourth-order valence-electron chi connectivity index (χ4n) is 3.17. The van der Waals surface area contributed by atoms with Gasteiger partial charge in [0.2, 0.25) is 0 Å². The van der Waals surface area contributed by atoms with Crippen LogP contribution in [-0.2, 0) is 7.05 Å². The molecule has 3 rings (SSSR count). The Labute approximate surface area is 118 Å². The first-order chi connectivity index (χ1) is 8.99. The molecule has 1 N–H and O–H groups in total. The van der Waals surface area contributed by atoms with Gasteiger partial charge in [0.05, 0.1) is 5.69 Å². The number of aryl methyl sites for hydroxylation is 2. The summed E-state index contributed by atoms with van der Waals surface area (Å²) < 4.78 is 5.04. The number of likely N-dealkylation sites (tertiary alicyclic amines) is 1. The number of nitrogens with one attached hydrogen (secondary N) is 1. The molecule has 0 saturated carbocycles. The SMILES string of the molecule is Cc1nn(C)c2c1[nH]c(=S)n2C1CCN(C)C(C)C1. The minimum atomic E-state index is 0.474. The van der Waals surface area contributed by atoms with Crippen molar-refractivity contribution in [2.24, 2.45) is 7.05 Å². The second-order valence-electron chi connectivity index (χ2n) is 5.72. The van der Waals surface area contributed by atoms with Gasteiger partial charge in [-0.15, -0.1) is 0 Å². The molecule has 1 fully saturated rings. The third kappa shape index (κ3) is 1.94. The van der Waals surface area contributed by atoms with E-state index in [4.69, 9.17) is 12.2 Å². The van der Waals surface area contributed by atoms with Crippen molar-refractivity contribution >= 4 is 23.4 Å². The summed E-state index contributed by atoms with van der Waals surface area (Å²) in [5.74, 6) is 0. The third-order valence-corrected chi connectivity index (χ3v) is 4.72. The number of imidazole rings is 1. The molecular formula is C13H21N5S. The molecule has 2 aromatic rings. The molecule has 2 atom stereocenters. The summed E-state index contributed by atoms with van der Waals surface area (Å²) in [5.41, 5.74) is 3.23. The van der Waals surface area contributed by atoms with Crippen LogP contribution in [0.15, 0.2) is 0 Å². The van der Waals surface area contributed by atoms with Gasteiger partial charge in [-0.05, 0) is 46.0 Å². The summed E-state index contributed by atoms with van der Waals surface area (Å²) in [4.78, 5) is 5.74. The molecule has 0 radical (unpaired) electrons. The molecule has 2 unspecified atom stereocenters. The standard InChI is InChI=1S/C13H21N5S/c1-8-7-10(5-6-16(8)3)18-12-11(14-13(18)19)9(2)15-17(12)4/h8,10H,5-7H2,1-4H3,(H,14,19). The van der Waals surface area contributed by atoms with E-state index in [1.54, 1.807) is 0 Å². The number of rotatable bonds is 1. The maximum atomic E-state index is 5.53. The summed E-state index contributed by atoms with van der Waals surface area (Å²) in [5, 5.41) is 4.49. The lowest BCUT2D eigenvalue weighted by Crippen LogP contribution is -2.38. The predicted octanol–water partition coefficient (Wildman–Crippen LogP) is 2.40. The monoisotopic (exact) mass is 279 g/mol. The second kappa shape index (κ2) is 4.45. The highest BCUT2D eigenvalue weighted by Gasteiger charge is 2.27. The van der Waals surface area contributed by atoms with E-state index in [-0.39, 0.29) is 0 Å². The summed E-state index contributed by atoms with van der Waals surface area (Å²) in [6.45, 7) is 5.43. The van der Waals surface area contributed by atoms with Gasteiger partial charge in [-0.2, -0.15) is 5.10 Å². The molecule has 0 aromatic carbocycles. The predicted molar refractivity (Wildman–Crippen MR) is 79.0 cm³/mol. The lowest BCUT2D eigenvalue weighted by molar-refractivity contribution is 0.157. The zero-order chi connectivity index (χ0) is 13.7. The summed E-state index contributed by atoms with van der Waals surface area (Å²) in [6.07, 6.45) is 2.29.